The molecule has 0 bridgehead atoms. The van der Waals surface area contributed by atoms with Crippen molar-refractivity contribution in [1.82, 2.24) is 4.98 Å². The number of halogens is 1. The number of hydrazone groups is 1. The zero-order chi connectivity index (χ0) is 12.1. The van der Waals surface area contributed by atoms with E-state index in [1.165, 1.54) is 0 Å². The second-order valence-electron chi connectivity index (χ2n) is 3.53. The number of nitrogens with one attached hydrogen (secondary N) is 1. The first-order valence-electron chi connectivity index (χ1n) is 5.23. The molecule has 0 fully saturated rings. The zero-order valence-corrected chi connectivity index (χ0v) is 10.1. The van der Waals surface area contributed by atoms with Gasteiger partial charge in [-0.2, -0.15) is 5.10 Å². The van der Waals surface area contributed by atoms with Crippen LogP contribution in [0.1, 0.15) is 12.5 Å². The van der Waals surface area contributed by atoms with Gasteiger partial charge in [-0.05, 0) is 36.8 Å². The quantitative estimate of drug-likeness (QED) is 0.663. The Labute approximate surface area is 105 Å². The summed E-state index contributed by atoms with van der Waals surface area (Å²) in [5.41, 5.74) is 4.81. The minimum absolute atomic E-state index is 0.722. The topological polar surface area (TPSA) is 37.3 Å². The monoisotopic (exact) mass is 245 g/mol. The fourth-order valence-corrected chi connectivity index (χ4v) is 1.45. The molecular formula is C13H12ClN3. The van der Waals surface area contributed by atoms with Gasteiger partial charge in [0.05, 0.1) is 5.71 Å². The maximum Gasteiger partial charge on any atom is 0.146 e. The summed E-state index contributed by atoms with van der Waals surface area (Å²) >= 11 is 5.82. The summed E-state index contributed by atoms with van der Waals surface area (Å²) in [6, 6.07) is 13.2. The van der Waals surface area contributed by atoms with E-state index in [0.717, 1.165) is 22.1 Å². The Kier molecular flexibility index (Phi) is 3.73. The van der Waals surface area contributed by atoms with Gasteiger partial charge >= 0.3 is 0 Å². The third-order valence-corrected chi connectivity index (χ3v) is 2.52. The fraction of sp³-hybridized carbons (Fsp3) is 0.0769. The molecular weight excluding hydrogens is 234 g/mol. The second kappa shape index (κ2) is 5.46. The van der Waals surface area contributed by atoms with Crippen molar-refractivity contribution in [2.75, 3.05) is 5.43 Å². The highest BCUT2D eigenvalue weighted by Gasteiger charge is 1.97. The molecule has 1 aromatic heterocycles. The highest BCUT2D eigenvalue weighted by atomic mass is 35.5. The maximum absolute atomic E-state index is 5.82. The van der Waals surface area contributed by atoms with Crippen LogP contribution in [0.5, 0.6) is 0 Å². The molecule has 0 aliphatic rings. The molecule has 0 amide bonds. The maximum atomic E-state index is 5.82. The normalized spacial score (nSPS) is 11.3. The molecule has 1 heterocycles. The largest absolute Gasteiger partial charge is 0.261 e. The number of hydrogen-bond donors (Lipinski definition) is 1. The van der Waals surface area contributed by atoms with Crippen molar-refractivity contribution in [3.63, 3.8) is 0 Å². The Morgan fingerprint density at radius 3 is 2.59 bits per heavy atom. The Morgan fingerprint density at radius 2 is 1.94 bits per heavy atom. The predicted molar refractivity (Wildman–Crippen MR) is 71.5 cm³/mol. The minimum Gasteiger partial charge on any atom is -0.261 e. The highest BCUT2D eigenvalue weighted by Crippen LogP contribution is 2.10. The van der Waals surface area contributed by atoms with Crippen LogP contribution in [0.2, 0.25) is 5.02 Å². The number of rotatable bonds is 3. The molecule has 0 aliphatic heterocycles. The summed E-state index contributed by atoms with van der Waals surface area (Å²) in [5, 5.41) is 4.98. The zero-order valence-electron chi connectivity index (χ0n) is 9.39. The van der Waals surface area contributed by atoms with E-state index in [1.807, 2.05) is 49.4 Å². The van der Waals surface area contributed by atoms with Crippen LogP contribution in [0.3, 0.4) is 0 Å². The van der Waals surface area contributed by atoms with Crippen molar-refractivity contribution in [2.24, 2.45) is 5.10 Å². The smallest absolute Gasteiger partial charge is 0.146 e. The van der Waals surface area contributed by atoms with Gasteiger partial charge in [0.25, 0.3) is 0 Å². The van der Waals surface area contributed by atoms with Crippen LogP contribution < -0.4 is 5.43 Å². The van der Waals surface area contributed by atoms with Gasteiger partial charge in [0, 0.05) is 11.2 Å². The predicted octanol–water partition coefficient (Wildman–Crippen LogP) is 3.57. The number of aromatic nitrogens is 1. The first kappa shape index (κ1) is 11.6. The van der Waals surface area contributed by atoms with Crippen molar-refractivity contribution in [1.29, 1.82) is 0 Å². The number of nitrogens with zero attached hydrogens (tertiary/aromatic N) is 2. The average molecular weight is 246 g/mol. The van der Waals surface area contributed by atoms with Gasteiger partial charge in [0.2, 0.25) is 0 Å². The average Bonchev–Trinajstić information content (AvgIpc) is 2.38. The lowest BCUT2D eigenvalue weighted by Gasteiger charge is -2.02. The van der Waals surface area contributed by atoms with Gasteiger partial charge < -0.3 is 0 Å². The summed E-state index contributed by atoms with van der Waals surface area (Å²) in [6.07, 6.45) is 1.72. The molecule has 1 aromatic carbocycles. The molecule has 0 spiro atoms. The van der Waals surface area contributed by atoms with E-state index in [0.29, 0.717) is 0 Å². The molecule has 0 saturated carbocycles. The van der Waals surface area contributed by atoms with E-state index in [4.69, 9.17) is 11.6 Å². The van der Waals surface area contributed by atoms with E-state index in [2.05, 4.69) is 15.5 Å². The molecule has 86 valence electrons. The van der Waals surface area contributed by atoms with Crippen LogP contribution in [0.15, 0.2) is 53.8 Å². The van der Waals surface area contributed by atoms with E-state index >= 15 is 0 Å². The second-order valence-corrected chi connectivity index (χ2v) is 3.97. The number of anilines is 1. The summed E-state index contributed by atoms with van der Waals surface area (Å²) in [5.74, 6) is 0.723. The van der Waals surface area contributed by atoms with Gasteiger partial charge in [0.1, 0.15) is 5.82 Å². The molecule has 0 unspecified atom stereocenters. The van der Waals surface area contributed by atoms with Crippen LogP contribution in [0.4, 0.5) is 5.82 Å². The van der Waals surface area contributed by atoms with Gasteiger partial charge in [-0.15, -0.1) is 0 Å². The molecule has 2 aromatic rings. The van der Waals surface area contributed by atoms with Crippen molar-refractivity contribution >= 4 is 23.1 Å². The lowest BCUT2D eigenvalue weighted by Crippen LogP contribution is -2.00. The standard InChI is InChI=1S/C13H12ClN3/c1-10(11-5-7-12(14)8-6-11)16-17-13-4-2-3-9-15-13/h2-9H,1H3,(H,15,17)/b16-10+. The van der Waals surface area contributed by atoms with Gasteiger partial charge in [-0.1, -0.05) is 29.8 Å². The van der Waals surface area contributed by atoms with E-state index < -0.39 is 0 Å². The molecule has 0 radical (unpaired) electrons. The van der Waals surface area contributed by atoms with Gasteiger partial charge in [-0.25, -0.2) is 4.98 Å². The van der Waals surface area contributed by atoms with Crippen LogP contribution in [0, 0.1) is 0 Å². The van der Waals surface area contributed by atoms with E-state index in [-0.39, 0.29) is 0 Å². The Bertz CT molecular complexity index is 506. The lowest BCUT2D eigenvalue weighted by molar-refractivity contribution is 1.22. The summed E-state index contributed by atoms with van der Waals surface area (Å²) < 4.78 is 0. The molecule has 3 nitrogen and oxygen atoms in total. The van der Waals surface area contributed by atoms with Gasteiger partial charge in [0.15, 0.2) is 0 Å². The first-order valence-corrected chi connectivity index (χ1v) is 5.61. The van der Waals surface area contributed by atoms with Crippen LogP contribution >= 0.6 is 11.6 Å². The van der Waals surface area contributed by atoms with E-state index in [1.54, 1.807) is 6.20 Å². The van der Waals surface area contributed by atoms with Crippen LogP contribution in [0.25, 0.3) is 0 Å². The Hall–Kier alpha value is -1.87. The number of hydrogen-bond acceptors (Lipinski definition) is 3. The highest BCUT2D eigenvalue weighted by molar-refractivity contribution is 6.30. The number of benzene rings is 1. The van der Waals surface area contributed by atoms with Crippen molar-refractivity contribution in [2.45, 2.75) is 6.92 Å². The lowest BCUT2D eigenvalue weighted by atomic mass is 10.1. The first-order chi connectivity index (χ1) is 8.25. The third-order valence-electron chi connectivity index (χ3n) is 2.27. The molecule has 2 rings (SSSR count). The van der Waals surface area contributed by atoms with Gasteiger partial charge in [-0.3, -0.25) is 5.43 Å². The Morgan fingerprint density at radius 1 is 1.18 bits per heavy atom. The molecule has 0 aliphatic carbocycles. The third kappa shape index (κ3) is 3.29. The van der Waals surface area contributed by atoms with Crippen molar-refractivity contribution in [3.05, 3.63) is 59.2 Å². The SMILES string of the molecule is C/C(=N\Nc1ccccn1)c1ccc(Cl)cc1. The number of pyridine rings is 1. The summed E-state index contributed by atoms with van der Waals surface area (Å²) in [7, 11) is 0. The minimum atomic E-state index is 0.722. The summed E-state index contributed by atoms with van der Waals surface area (Å²) in [4.78, 5) is 4.12. The van der Waals surface area contributed by atoms with E-state index in [9.17, 15) is 0 Å². The molecule has 0 atom stereocenters. The van der Waals surface area contributed by atoms with Crippen LogP contribution in [-0.4, -0.2) is 10.7 Å². The molecule has 17 heavy (non-hydrogen) atoms. The Balaban J connectivity index is 2.10. The molecule has 4 heteroatoms. The molecule has 0 saturated heterocycles. The van der Waals surface area contributed by atoms with Crippen molar-refractivity contribution < 1.29 is 0 Å². The fourth-order valence-electron chi connectivity index (χ4n) is 1.33. The molecule has 1 N–H and O–H groups in total. The van der Waals surface area contributed by atoms with Crippen LogP contribution in [-0.2, 0) is 0 Å². The van der Waals surface area contributed by atoms with Crippen molar-refractivity contribution in [3.8, 4) is 0 Å². The summed E-state index contributed by atoms with van der Waals surface area (Å²) in [6.45, 7) is 1.93.